The number of hydrogen-bond acceptors (Lipinski definition) is 4. The van der Waals surface area contributed by atoms with Crippen LogP contribution in [0.1, 0.15) is 63.6 Å². The van der Waals surface area contributed by atoms with Crippen LogP contribution in [-0.2, 0) is 0 Å². The Hall–Kier alpha value is -1.00. The van der Waals surface area contributed by atoms with Gasteiger partial charge in [-0.15, -0.1) is 0 Å². The minimum Gasteiger partial charge on any atom is -0.271 e. The molecular weight excluding hydrogens is 212 g/mol. The van der Waals surface area contributed by atoms with E-state index in [4.69, 9.17) is 5.84 Å². The van der Waals surface area contributed by atoms with E-state index >= 15 is 0 Å². The second-order valence-corrected chi connectivity index (χ2v) is 4.41. The van der Waals surface area contributed by atoms with Crippen molar-refractivity contribution >= 4 is 0 Å². The normalized spacial score (nSPS) is 12.6. The van der Waals surface area contributed by atoms with Gasteiger partial charge in [-0.3, -0.25) is 11.3 Å². The Morgan fingerprint density at radius 2 is 2.00 bits per heavy atom. The highest BCUT2D eigenvalue weighted by molar-refractivity contribution is 5.03. The first-order chi connectivity index (χ1) is 8.38. The van der Waals surface area contributed by atoms with E-state index in [-0.39, 0.29) is 6.04 Å². The number of unbranched alkanes of at least 4 members (excludes halogenated alkanes) is 5. The largest absolute Gasteiger partial charge is 0.271 e. The standard InChI is InChI=1S/C13H24N4/c1-2-3-4-5-6-7-8-13(17-14)12-9-10-15-11-16-12/h9-11,13,17H,2-8,14H2,1H3. The molecule has 1 rings (SSSR count). The van der Waals surface area contributed by atoms with Crippen LogP contribution in [-0.4, -0.2) is 9.97 Å². The van der Waals surface area contributed by atoms with Crippen LogP contribution in [0.2, 0.25) is 0 Å². The highest BCUT2D eigenvalue weighted by Gasteiger charge is 2.09. The van der Waals surface area contributed by atoms with Crippen molar-refractivity contribution in [3.8, 4) is 0 Å². The van der Waals surface area contributed by atoms with Crippen molar-refractivity contribution in [2.45, 2.75) is 57.9 Å². The first kappa shape index (κ1) is 14.1. The van der Waals surface area contributed by atoms with E-state index in [0.717, 1.165) is 12.1 Å². The molecular formula is C13H24N4. The smallest absolute Gasteiger partial charge is 0.115 e. The average molecular weight is 236 g/mol. The van der Waals surface area contributed by atoms with E-state index in [9.17, 15) is 0 Å². The molecule has 1 heterocycles. The Balaban J connectivity index is 2.20. The van der Waals surface area contributed by atoms with Gasteiger partial charge in [0.05, 0.1) is 11.7 Å². The quantitative estimate of drug-likeness (QED) is 0.393. The van der Waals surface area contributed by atoms with Crippen molar-refractivity contribution in [3.05, 3.63) is 24.3 Å². The fourth-order valence-corrected chi connectivity index (χ4v) is 1.95. The third kappa shape index (κ3) is 5.75. The summed E-state index contributed by atoms with van der Waals surface area (Å²) in [7, 11) is 0. The molecule has 0 spiro atoms. The Labute approximate surface area is 104 Å². The average Bonchev–Trinajstić information content (AvgIpc) is 2.39. The van der Waals surface area contributed by atoms with Gasteiger partial charge in [-0.1, -0.05) is 45.4 Å². The summed E-state index contributed by atoms with van der Waals surface area (Å²) >= 11 is 0. The lowest BCUT2D eigenvalue weighted by molar-refractivity contribution is 0.468. The summed E-state index contributed by atoms with van der Waals surface area (Å²) in [5, 5.41) is 0. The first-order valence-electron chi connectivity index (χ1n) is 6.60. The molecule has 1 aromatic rings. The number of hydrazine groups is 1. The summed E-state index contributed by atoms with van der Waals surface area (Å²) in [6, 6.07) is 2.07. The van der Waals surface area contributed by atoms with Gasteiger partial charge in [-0.25, -0.2) is 9.97 Å². The minimum atomic E-state index is 0.157. The molecule has 0 amide bonds. The Bertz CT molecular complexity index is 276. The number of nitrogens with one attached hydrogen (secondary N) is 1. The van der Waals surface area contributed by atoms with Gasteiger partial charge in [0.1, 0.15) is 6.33 Å². The summed E-state index contributed by atoms with van der Waals surface area (Å²) in [4.78, 5) is 8.14. The van der Waals surface area contributed by atoms with Gasteiger partial charge in [0, 0.05) is 6.20 Å². The maximum Gasteiger partial charge on any atom is 0.115 e. The molecule has 17 heavy (non-hydrogen) atoms. The van der Waals surface area contributed by atoms with Gasteiger partial charge in [0.25, 0.3) is 0 Å². The molecule has 1 unspecified atom stereocenters. The zero-order valence-electron chi connectivity index (χ0n) is 10.7. The monoisotopic (exact) mass is 236 g/mol. The van der Waals surface area contributed by atoms with Gasteiger partial charge in [-0.2, -0.15) is 0 Å². The second-order valence-electron chi connectivity index (χ2n) is 4.41. The van der Waals surface area contributed by atoms with Crippen molar-refractivity contribution in [1.29, 1.82) is 0 Å². The molecule has 0 saturated carbocycles. The van der Waals surface area contributed by atoms with Crippen LogP contribution in [0.25, 0.3) is 0 Å². The highest BCUT2D eigenvalue weighted by atomic mass is 15.2. The Kier molecular flexibility index (Phi) is 7.51. The maximum atomic E-state index is 5.56. The molecule has 0 fully saturated rings. The van der Waals surface area contributed by atoms with Crippen LogP contribution < -0.4 is 11.3 Å². The minimum absolute atomic E-state index is 0.157. The lowest BCUT2D eigenvalue weighted by Crippen LogP contribution is -2.28. The van der Waals surface area contributed by atoms with Crippen molar-refractivity contribution < 1.29 is 0 Å². The summed E-state index contributed by atoms with van der Waals surface area (Å²) in [5.74, 6) is 5.56. The summed E-state index contributed by atoms with van der Waals surface area (Å²) < 4.78 is 0. The Morgan fingerprint density at radius 3 is 2.65 bits per heavy atom. The molecule has 3 N–H and O–H groups in total. The van der Waals surface area contributed by atoms with Gasteiger partial charge in [0.15, 0.2) is 0 Å². The van der Waals surface area contributed by atoms with Gasteiger partial charge < -0.3 is 0 Å². The molecule has 0 bridgehead atoms. The van der Waals surface area contributed by atoms with Crippen molar-refractivity contribution in [2.75, 3.05) is 0 Å². The number of aromatic nitrogens is 2. The van der Waals surface area contributed by atoms with E-state index in [0.29, 0.717) is 0 Å². The molecule has 96 valence electrons. The zero-order chi connectivity index (χ0) is 12.3. The molecule has 4 heteroatoms. The van der Waals surface area contributed by atoms with E-state index in [2.05, 4.69) is 22.3 Å². The van der Waals surface area contributed by atoms with E-state index in [1.165, 1.54) is 38.5 Å². The number of nitrogens with two attached hydrogens (primary N) is 1. The van der Waals surface area contributed by atoms with E-state index in [1.54, 1.807) is 12.5 Å². The molecule has 4 nitrogen and oxygen atoms in total. The van der Waals surface area contributed by atoms with Gasteiger partial charge >= 0.3 is 0 Å². The van der Waals surface area contributed by atoms with E-state index in [1.807, 2.05) is 6.07 Å². The van der Waals surface area contributed by atoms with Gasteiger partial charge in [-0.05, 0) is 12.5 Å². The molecule has 0 aliphatic heterocycles. The Morgan fingerprint density at radius 1 is 1.24 bits per heavy atom. The van der Waals surface area contributed by atoms with Crippen LogP contribution in [0.5, 0.6) is 0 Å². The molecule has 0 aliphatic rings. The van der Waals surface area contributed by atoms with Crippen LogP contribution in [0.4, 0.5) is 0 Å². The molecule has 0 aromatic carbocycles. The lowest BCUT2D eigenvalue weighted by atomic mass is 10.0. The number of hydrogen-bond donors (Lipinski definition) is 2. The zero-order valence-corrected chi connectivity index (χ0v) is 10.7. The van der Waals surface area contributed by atoms with Gasteiger partial charge in [0.2, 0.25) is 0 Å². The lowest BCUT2D eigenvalue weighted by Gasteiger charge is -2.14. The number of rotatable bonds is 9. The van der Waals surface area contributed by atoms with Crippen LogP contribution >= 0.6 is 0 Å². The van der Waals surface area contributed by atoms with Crippen molar-refractivity contribution in [1.82, 2.24) is 15.4 Å². The summed E-state index contributed by atoms with van der Waals surface area (Å²) in [6.45, 7) is 2.24. The SMILES string of the molecule is CCCCCCCCC(NN)c1ccncn1. The van der Waals surface area contributed by atoms with E-state index < -0.39 is 0 Å². The molecule has 1 aromatic heterocycles. The predicted molar refractivity (Wildman–Crippen MR) is 70.1 cm³/mol. The topological polar surface area (TPSA) is 63.8 Å². The van der Waals surface area contributed by atoms with Crippen LogP contribution in [0.15, 0.2) is 18.6 Å². The molecule has 1 atom stereocenters. The number of nitrogens with zero attached hydrogens (tertiary/aromatic N) is 2. The fraction of sp³-hybridized carbons (Fsp3) is 0.692. The molecule has 0 radical (unpaired) electrons. The van der Waals surface area contributed by atoms with Crippen molar-refractivity contribution in [3.63, 3.8) is 0 Å². The predicted octanol–water partition coefficient (Wildman–Crippen LogP) is 2.73. The van der Waals surface area contributed by atoms with Crippen LogP contribution in [0, 0.1) is 0 Å². The van der Waals surface area contributed by atoms with Crippen LogP contribution in [0.3, 0.4) is 0 Å². The highest BCUT2D eigenvalue weighted by Crippen LogP contribution is 2.17. The first-order valence-corrected chi connectivity index (χ1v) is 6.60. The molecule has 0 saturated heterocycles. The third-order valence-electron chi connectivity index (χ3n) is 3.01. The van der Waals surface area contributed by atoms with Crippen molar-refractivity contribution in [2.24, 2.45) is 5.84 Å². The summed E-state index contributed by atoms with van der Waals surface area (Å²) in [5.41, 5.74) is 3.81. The third-order valence-corrected chi connectivity index (χ3v) is 3.01. The second kappa shape index (κ2) is 9.07. The summed E-state index contributed by atoms with van der Waals surface area (Å²) in [6.07, 6.45) is 12.2. The maximum absolute atomic E-state index is 5.56. The fourth-order valence-electron chi connectivity index (χ4n) is 1.95. The molecule has 0 aliphatic carbocycles.